The molecule has 53 heavy (non-hydrogen) atoms. The second-order valence-corrected chi connectivity index (χ2v) is 14.0. The van der Waals surface area contributed by atoms with Crippen molar-refractivity contribution in [2.45, 2.75) is 63.9 Å². The van der Waals surface area contributed by atoms with Gasteiger partial charge in [-0.3, -0.25) is 19.8 Å². The van der Waals surface area contributed by atoms with Crippen molar-refractivity contribution in [3.63, 3.8) is 0 Å². The summed E-state index contributed by atoms with van der Waals surface area (Å²) < 4.78 is 29.2. The highest BCUT2D eigenvalue weighted by Crippen LogP contribution is 2.45. The molecule has 0 radical (unpaired) electrons. The van der Waals surface area contributed by atoms with Crippen LogP contribution in [-0.4, -0.2) is 80.6 Å². The number of carbonyl (C=O) groups is 2. The van der Waals surface area contributed by atoms with Crippen LogP contribution in [-0.2, 0) is 37.8 Å². The van der Waals surface area contributed by atoms with Gasteiger partial charge in [0.05, 0.1) is 30.1 Å². The van der Waals surface area contributed by atoms with Crippen molar-refractivity contribution in [1.29, 1.82) is 0 Å². The molecule has 0 saturated heterocycles. The first-order valence-corrected chi connectivity index (χ1v) is 18.1. The van der Waals surface area contributed by atoms with Gasteiger partial charge in [0, 0.05) is 68.6 Å². The van der Waals surface area contributed by atoms with Gasteiger partial charge in [0.1, 0.15) is 28.7 Å². The summed E-state index contributed by atoms with van der Waals surface area (Å²) in [5.41, 5.74) is 5.74. The van der Waals surface area contributed by atoms with E-state index >= 15 is 4.39 Å². The summed E-state index contributed by atoms with van der Waals surface area (Å²) in [6.45, 7) is 2.77. The van der Waals surface area contributed by atoms with Crippen molar-refractivity contribution in [2.75, 3.05) is 32.2 Å². The van der Waals surface area contributed by atoms with Crippen LogP contribution in [0.25, 0.3) is 11.1 Å². The van der Waals surface area contributed by atoms with E-state index in [-0.39, 0.29) is 66.0 Å². The summed E-state index contributed by atoms with van der Waals surface area (Å²) in [5, 5.41) is 34.0. The maximum atomic E-state index is 15.6. The van der Waals surface area contributed by atoms with E-state index in [4.69, 9.17) is 32.7 Å². The molecule has 0 fully saturated rings. The first-order valence-electron chi connectivity index (χ1n) is 17.4. The van der Waals surface area contributed by atoms with Crippen molar-refractivity contribution < 1.29 is 38.8 Å². The number of ether oxygens (including phenoxy) is 2. The zero-order chi connectivity index (χ0) is 38.0. The van der Waals surface area contributed by atoms with Gasteiger partial charge < -0.3 is 34.7 Å². The number of aliphatic carboxylic acids is 1. The van der Waals surface area contributed by atoms with Gasteiger partial charge in [-0.15, -0.1) is 0 Å². The fourth-order valence-corrected chi connectivity index (χ4v) is 7.61. The number of carboxylic acid groups (broad SMARTS) is 1. The molecule has 1 aliphatic heterocycles. The van der Waals surface area contributed by atoms with Crippen molar-refractivity contribution in [3.05, 3.63) is 92.2 Å². The van der Waals surface area contributed by atoms with E-state index in [1.54, 1.807) is 6.07 Å². The van der Waals surface area contributed by atoms with Crippen molar-refractivity contribution in [2.24, 2.45) is 7.05 Å². The van der Waals surface area contributed by atoms with Crippen LogP contribution in [0.15, 0.2) is 42.5 Å². The molecule has 1 aromatic heterocycles. The van der Waals surface area contributed by atoms with E-state index in [0.29, 0.717) is 30.1 Å². The average Bonchev–Trinajstić information content (AvgIpc) is 3.72. The minimum Gasteiger partial charge on any atom is -0.496 e. The number of aromatic nitrogens is 2. The molecule has 2 aliphatic rings. The van der Waals surface area contributed by atoms with E-state index in [9.17, 15) is 24.9 Å². The van der Waals surface area contributed by atoms with Gasteiger partial charge in [-0.1, -0.05) is 53.5 Å². The molecule has 0 bridgehead atoms. The predicted molar refractivity (Wildman–Crippen MR) is 198 cm³/mol. The van der Waals surface area contributed by atoms with Crippen LogP contribution in [0.4, 0.5) is 10.1 Å². The van der Waals surface area contributed by atoms with Gasteiger partial charge in [0.2, 0.25) is 0 Å². The third-order valence-corrected chi connectivity index (χ3v) is 10.9. The van der Waals surface area contributed by atoms with Gasteiger partial charge in [0.15, 0.2) is 11.6 Å². The summed E-state index contributed by atoms with van der Waals surface area (Å²) >= 11 is 13.5. The van der Waals surface area contributed by atoms with Crippen LogP contribution >= 0.6 is 23.2 Å². The summed E-state index contributed by atoms with van der Waals surface area (Å²) in [6.07, 6.45) is 1.40. The second kappa shape index (κ2) is 16.4. The fourth-order valence-electron chi connectivity index (χ4n) is 7.12. The maximum absolute atomic E-state index is 15.6. The summed E-state index contributed by atoms with van der Waals surface area (Å²) in [4.78, 5) is 31.9. The Bertz CT molecular complexity index is 2030. The second-order valence-electron chi connectivity index (χ2n) is 13.2. The fraction of sp³-hybridized carbons (Fsp3) is 0.395. The van der Waals surface area contributed by atoms with Crippen molar-refractivity contribution in [3.8, 4) is 22.6 Å². The van der Waals surface area contributed by atoms with Crippen LogP contribution in [0.2, 0.25) is 10.0 Å². The number of nitrogens with one attached hydrogen (secondary N) is 2. The number of hydrogen-bond acceptors (Lipinski definition) is 9. The molecule has 6 rings (SSSR count). The lowest BCUT2D eigenvalue weighted by Gasteiger charge is -2.30. The molecule has 4 aromatic rings. The third kappa shape index (κ3) is 7.73. The minimum atomic E-state index is -1.17. The highest BCUT2D eigenvalue weighted by atomic mass is 35.5. The number of imidazole rings is 1. The zero-order valence-electron chi connectivity index (χ0n) is 29.6. The molecule has 3 atom stereocenters. The molecular formula is C38H42Cl2FN5O7. The predicted octanol–water partition coefficient (Wildman–Crippen LogP) is 5.52. The molecule has 3 aromatic carbocycles. The Morgan fingerprint density at radius 1 is 1.09 bits per heavy atom. The molecular weight excluding hydrogens is 728 g/mol. The highest BCUT2D eigenvalue weighted by Gasteiger charge is 2.31. The molecule has 0 spiro atoms. The lowest BCUT2D eigenvalue weighted by Crippen LogP contribution is -2.39. The number of hydrogen-bond donors (Lipinski definition) is 5. The van der Waals surface area contributed by atoms with Gasteiger partial charge in [-0.25, -0.2) is 9.37 Å². The van der Waals surface area contributed by atoms with Gasteiger partial charge >= 0.3 is 5.97 Å². The minimum absolute atomic E-state index is 0.00532. The summed E-state index contributed by atoms with van der Waals surface area (Å²) in [7, 11) is 3.20. The summed E-state index contributed by atoms with van der Waals surface area (Å²) in [5.74, 6) is -1.88. The Morgan fingerprint density at radius 2 is 1.85 bits per heavy atom. The first-order chi connectivity index (χ1) is 25.5. The molecule has 2 heterocycles. The number of carbonyl (C=O) groups excluding carboxylic acids is 1. The van der Waals surface area contributed by atoms with E-state index in [0.717, 1.165) is 46.6 Å². The number of carboxylic acids is 1. The number of benzene rings is 3. The van der Waals surface area contributed by atoms with E-state index in [1.165, 1.54) is 13.2 Å². The lowest BCUT2D eigenvalue weighted by molar-refractivity contribution is -0.140. The lowest BCUT2D eigenvalue weighted by atomic mass is 9.96. The molecule has 1 aliphatic carbocycles. The zero-order valence-corrected chi connectivity index (χ0v) is 31.1. The first kappa shape index (κ1) is 38.5. The van der Waals surface area contributed by atoms with E-state index < -0.39 is 23.9 Å². The molecule has 15 heteroatoms. The molecule has 0 saturated carbocycles. The average molecular weight is 771 g/mol. The molecule has 2 unspecified atom stereocenters. The number of anilines is 1. The summed E-state index contributed by atoms with van der Waals surface area (Å²) in [6, 6.07) is 11.6. The Hall–Kier alpha value is -4.24. The number of rotatable bonds is 14. The smallest absolute Gasteiger partial charge is 0.320 e. The van der Waals surface area contributed by atoms with E-state index in [2.05, 4.69) is 20.5 Å². The van der Waals surface area contributed by atoms with Gasteiger partial charge in [-0.2, -0.15) is 0 Å². The van der Waals surface area contributed by atoms with Crippen LogP contribution in [0.5, 0.6) is 11.5 Å². The Morgan fingerprint density at radius 3 is 2.57 bits per heavy atom. The molecule has 12 nitrogen and oxygen atoms in total. The maximum Gasteiger partial charge on any atom is 0.320 e. The Labute approximate surface area is 316 Å². The van der Waals surface area contributed by atoms with E-state index in [1.807, 2.05) is 48.9 Å². The Balaban J connectivity index is 1.21. The number of aliphatic hydroxyl groups is 2. The Kier molecular flexibility index (Phi) is 11.9. The number of nitrogens with zero attached hydrogens (tertiary/aromatic N) is 3. The quantitative estimate of drug-likeness (QED) is 0.111. The molecule has 5 N–H and O–H groups in total. The molecule has 282 valence electrons. The van der Waals surface area contributed by atoms with Crippen LogP contribution < -0.4 is 20.1 Å². The largest absolute Gasteiger partial charge is 0.496 e. The number of methoxy groups -OCH3 is 1. The monoisotopic (exact) mass is 769 g/mol. The van der Waals surface area contributed by atoms with Crippen molar-refractivity contribution >= 4 is 40.8 Å². The third-order valence-electron chi connectivity index (χ3n) is 10.1. The van der Waals surface area contributed by atoms with Crippen LogP contribution in [0.3, 0.4) is 0 Å². The van der Waals surface area contributed by atoms with Crippen LogP contribution in [0, 0.1) is 5.82 Å². The molecule has 1 amide bonds. The number of halogens is 3. The topological polar surface area (TPSA) is 158 Å². The van der Waals surface area contributed by atoms with Crippen molar-refractivity contribution in [1.82, 2.24) is 19.8 Å². The standard InChI is InChI=1S/C38H42Cl2FN5O7/c1-20(19-48)46-14-12-29-28(18-46)43-36(45(29)2)37(49)44-26-9-5-8-24(33(26)39)21-6-4-7-23-22(21)10-11-30(23)53-32-16-31(52-3)25(35(41)34(32)40)17-42-27(13-15-47)38(50)51/h4-9,16,20,27,30,42,47-48H,10-15,17-19H2,1-3H3,(H,44,49)(H,50,51)/t20?,27-,30?/m1/s1. The van der Waals surface area contributed by atoms with Crippen LogP contribution in [0.1, 0.15) is 64.6 Å². The highest BCUT2D eigenvalue weighted by molar-refractivity contribution is 6.36. The van der Waals surface area contributed by atoms with Gasteiger partial charge in [0.25, 0.3) is 5.91 Å². The number of fused-ring (bicyclic) bond motifs is 2. The normalized spacial score (nSPS) is 16.5. The van der Waals surface area contributed by atoms with Gasteiger partial charge in [-0.05, 0) is 48.9 Å². The number of amides is 1. The number of aliphatic hydroxyl groups excluding tert-OH is 2. The SMILES string of the molecule is COc1cc(OC2CCc3c(-c4cccc(NC(=O)c5nc6c(n5C)CCN(C(C)CO)C6)c4Cl)cccc32)c(Cl)c(F)c1CN[C@H](CCO)C(=O)O.